The predicted octanol–water partition coefficient (Wildman–Crippen LogP) is 4.00. The number of carbonyl (C=O) groups is 1. The Labute approximate surface area is 126 Å². The Morgan fingerprint density at radius 1 is 1.19 bits per heavy atom. The first kappa shape index (κ1) is 15.3. The van der Waals surface area contributed by atoms with Crippen LogP contribution in [0.25, 0.3) is 0 Å². The van der Waals surface area contributed by atoms with E-state index in [-0.39, 0.29) is 11.3 Å². The van der Waals surface area contributed by atoms with Crippen LogP contribution in [0, 0.1) is 0 Å². The van der Waals surface area contributed by atoms with Crippen molar-refractivity contribution >= 4 is 27.5 Å². The number of hydrogen-bond donors (Lipinski definition) is 1. The Balaban J connectivity index is 2.08. The van der Waals surface area contributed by atoms with Crippen LogP contribution in [0.15, 0.2) is 47.2 Å². The summed E-state index contributed by atoms with van der Waals surface area (Å²) in [6.45, 7) is 0. The molecule has 21 heavy (non-hydrogen) atoms. The number of amides is 1. The highest BCUT2D eigenvalue weighted by molar-refractivity contribution is 9.10. The molecule has 0 aliphatic rings. The number of rotatable bonds is 3. The molecule has 1 aromatic heterocycles. The van der Waals surface area contributed by atoms with Gasteiger partial charge < -0.3 is 10.1 Å². The fraction of sp³-hybridized carbons (Fsp3) is 0.0769. The Kier molecular flexibility index (Phi) is 4.46. The van der Waals surface area contributed by atoms with E-state index in [0.717, 1.165) is 12.1 Å². The van der Waals surface area contributed by atoms with Crippen molar-refractivity contribution in [1.82, 2.24) is 4.98 Å². The summed E-state index contributed by atoms with van der Waals surface area (Å²) in [5.74, 6) is -0.858. The number of carbonyl (C=O) groups excluding carboxylic acids is 1. The van der Waals surface area contributed by atoms with Gasteiger partial charge in [0.25, 0.3) is 5.91 Å². The molecule has 2 rings (SSSR count). The van der Waals surface area contributed by atoms with E-state index in [9.17, 15) is 18.0 Å². The van der Waals surface area contributed by atoms with Gasteiger partial charge in [0.2, 0.25) is 0 Å². The lowest BCUT2D eigenvalue weighted by Crippen LogP contribution is -2.17. The molecule has 0 unspecified atom stereocenters. The van der Waals surface area contributed by atoms with Crippen LogP contribution in [0.2, 0.25) is 0 Å². The molecule has 1 heterocycles. The lowest BCUT2D eigenvalue weighted by molar-refractivity contribution is -0.274. The standard InChI is InChI=1S/C13H8BrF3N2O2/c14-11-10(2-1-7-18-11)19-12(20)8-3-5-9(6-4-8)21-13(15,16)17/h1-7H,(H,19,20). The number of benzene rings is 1. The zero-order valence-electron chi connectivity index (χ0n) is 10.3. The first-order chi connectivity index (χ1) is 9.85. The van der Waals surface area contributed by atoms with Crippen molar-refractivity contribution in [1.29, 1.82) is 0 Å². The molecule has 4 nitrogen and oxygen atoms in total. The second kappa shape index (κ2) is 6.13. The minimum Gasteiger partial charge on any atom is -0.406 e. The van der Waals surface area contributed by atoms with Gasteiger partial charge in [-0.25, -0.2) is 4.98 Å². The molecule has 0 atom stereocenters. The summed E-state index contributed by atoms with van der Waals surface area (Å²) < 4.78 is 40.2. The summed E-state index contributed by atoms with van der Waals surface area (Å²) in [6.07, 6.45) is -3.21. The molecular formula is C13H8BrF3N2O2. The summed E-state index contributed by atoms with van der Waals surface area (Å²) in [5.41, 5.74) is 0.651. The van der Waals surface area contributed by atoms with Crippen LogP contribution in [0.4, 0.5) is 18.9 Å². The number of anilines is 1. The van der Waals surface area contributed by atoms with Gasteiger partial charge in [0.15, 0.2) is 0 Å². The van der Waals surface area contributed by atoms with Crippen molar-refractivity contribution in [3.63, 3.8) is 0 Å². The zero-order valence-corrected chi connectivity index (χ0v) is 11.9. The highest BCUT2D eigenvalue weighted by atomic mass is 79.9. The Morgan fingerprint density at radius 2 is 1.86 bits per heavy atom. The quantitative estimate of drug-likeness (QED) is 0.841. The second-order valence-electron chi connectivity index (χ2n) is 3.87. The molecule has 1 aromatic carbocycles. The summed E-state index contributed by atoms with van der Waals surface area (Å²) in [4.78, 5) is 15.9. The molecule has 0 saturated heterocycles. The van der Waals surface area contributed by atoms with Gasteiger partial charge in [-0.2, -0.15) is 0 Å². The molecule has 0 aliphatic carbocycles. The van der Waals surface area contributed by atoms with Gasteiger partial charge in [0.1, 0.15) is 10.4 Å². The zero-order chi connectivity index (χ0) is 15.5. The lowest BCUT2D eigenvalue weighted by Gasteiger charge is -2.10. The van der Waals surface area contributed by atoms with E-state index in [1.807, 2.05) is 0 Å². The van der Waals surface area contributed by atoms with Crippen molar-refractivity contribution in [2.75, 3.05) is 5.32 Å². The molecule has 1 amide bonds. The summed E-state index contributed by atoms with van der Waals surface area (Å²) in [6, 6.07) is 7.89. The van der Waals surface area contributed by atoms with Crippen molar-refractivity contribution in [2.24, 2.45) is 0 Å². The largest absolute Gasteiger partial charge is 0.573 e. The van der Waals surface area contributed by atoms with E-state index < -0.39 is 12.3 Å². The van der Waals surface area contributed by atoms with Crippen LogP contribution in [-0.2, 0) is 0 Å². The molecular weight excluding hydrogens is 353 g/mol. The summed E-state index contributed by atoms with van der Waals surface area (Å²) in [7, 11) is 0. The molecule has 0 aliphatic heterocycles. The predicted molar refractivity (Wildman–Crippen MR) is 73.0 cm³/mol. The maximum atomic E-state index is 12.0. The van der Waals surface area contributed by atoms with Gasteiger partial charge in [-0.05, 0) is 52.3 Å². The number of hydrogen-bond acceptors (Lipinski definition) is 3. The number of pyridine rings is 1. The molecule has 0 bridgehead atoms. The van der Waals surface area contributed by atoms with Crippen LogP contribution in [0.5, 0.6) is 5.75 Å². The average Bonchev–Trinajstić information content (AvgIpc) is 2.40. The first-order valence-corrected chi connectivity index (χ1v) is 6.42. The maximum absolute atomic E-state index is 12.0. The highest BCUT2D eigenvalue weighted by Gasteiger charge is 2.31. The number of nitrogens with zero attached hydrogens (tertiary/aromatic N) is 1. The monoisotopic (exact) mass is 360 g/mol. The molecule has 0 spiro atoms. The number of nitrogens with one attached hydrogen (secondary N) is 1. The molecule has 2 aromatic rings. The summed E-state index contributed by atoms with van der Waals surface area (Å²) >= 11 is 3.17. The van der Waals surface area contributed by atoms with Gasteiger partial charge in [-0.15, -0.1) is 13.2 Å². The summed E-state index contributed by atoms with van der Waals surface area (Å²) in [5, 5.41) is 2.58. The minimum absolute atomic E-state index is 0.195. The van der Waals surface area contributed by atoms with E-state index in [4.69, 9.17) is 0 Å². The van der Waals surface area contributed by atoms with E-state index >= 15 is 0 Å². The van der Waals surface area contributed by atoms with E-state index in [1.54, 1.807) is 18.3 Å². The van der Waals surface area contributed by atoms with Crippen LogP contribution < -0.4 is 10.1 Å². The van der Waals surface area contributed by atoms with Crippen LogP contribution in [0.1, 0.15) is 10.4 Å². The molecule has 1 N–H and O–H groups in total. The number of halogens is 4. The van der Waals surface area contributed by atoms with Crippen molar-refractivity contribution < 1.29 is 22.7 Å². The first-order valence-electron chi connectivity index (χ1n) is 5.63. The van der Waals surface area contributed by atoms with Gasteiger partial charge in [-0.3, -0.25) is 4.79 Å². The van der Waals surface area contributed by atoms with E-state index in [2.05, 4.69) is 31.0 Å². The molecule has 0 fully saturated rings. The topological polar surface area (TPSA) is 51.2 Å². The number of ether oxygens (including phenoxy) is 1. The van der Waals surface area contributed by atoms with Crippen LogP contribution >= 0.6 is 15.9 Å². The average molecular weight is 361 g/mol. The van der Waals surface area contributed by atoms with Gasteiger partial charge in [0, 0.05) is 11.8 Å². The Morgan fingerprint density at radius 3 is 2.43 bits per heavy atom. The Bertz CT molecular complexity index is 645. The lowest BCUT2D eigenvalue weighted by atomic mass is 10.2. The smallest absolute Gasteiger partial charge is 0.406 e. The molecule has 8 heteroatoms. The number of aromatic nitrogens is 1. The number of alkyl halides is 3. The van der Waals surface area contributed by atoms with Crippen LogP contribution in [-0.4, -0.2) is 17.3 Å². The molecule has 110 valence electrons. The maximum Gasteiger partial charge on any atom is 0.573 e. The van der Waals surface area contributed by atoms with Crippen molar-refractivity contribution in [2.45, 2.75) is 6.36 Å². The highest BCUT2D eigenvalue weighted by Crippen LogP contribution is 2.23. The van der Waals surface area contributed by atoms with Gasteiger partial charge in [-0.1, -0.05) is 0 Å². The van der Waals surface area contributed by atoms with Gasteiger partial charge in [0.05, 0.1) is 5.69 Å². The van der Waals surface area contributed by atoms with Gasteiger partial charge >= 0.3 is 6.36 Å². The Hall–Kier alpha value is -2.09. The third-order valence-corrected chi connectivity index (χ3v) is 2.99. The molecule has 0 radical (unpaired) electrons. The molecule has 0 saturated carbocycles. The van der Waals surface area contributed by atoms with E-state index in [0.29, 0.717) is 10.3 Å². The fourth-order valence-corrected chi connectivity index (χ4v) is 1.83. The van der Waals surface area contributed by atoms with Crippen molar-refractivity contribution in [3.8, 4) is 5.75 Å². The normalized spacial score (nSPS) is 11.0. The van der Waals surface area contributed by atoms with E-state index in [1.165, 1.54) is 12.1 Å². The third kappa shape index (κ3) is 4.45. The van der Waals surface area contributed by atoms with Crippen LogP contribution in [0.3, 0.4) is 0 Å². The third-order valence-electron chi connectivity index (χ3n) is 2.36. The SMILES string of the molecule is O=C(Nc1cccnc1Br)c1ccc(OC(F)(F)F)cc1. The van der Waals surface area contributed by atoms with Crippen molar-refractivity contribution in [3.05, 3.63) is 52.8 Å². The fourth-order valence-electron chi connectivity index (χ4n) is 1.48. The minimum atomic E-state index is -4.76. The second-order valence-corrected chi connectivity index (χ2v) is 4.62.